The zero-order valence-electron chi connectivity index (χ0n) is 12.7. The quantitative estimate of drug-likeness (QED) is 0.536. The molecular weight excluding hydrogens is 276 g/mol. The van der Waals surface area contributed by atoms with E-state index >= 15 is 0 Å². The van der Waals surface area contributed by atoms with E-state index in [1.165, 1.54) is 7.11 Å². The van der Waals surface area contributed by atoms with Gasteiger partial charge in [0.2, 0.25) is 17.7 Å². The lowest BCUT2D eigenvalue weighted by molar-refractivity contribution is -0.146. The van der Waals surface area contributed by atoms with Crippen molar-refractivity contribution in [3.63, 3.8) is 0 Å². The number of ether oxygens (including phenoxy) is 1. The number of carbonyl (C=O) groups is 4. The Morgan fingerprint density at radius 3 is 2.29 bits per heavy atom. The fourth-order valence-electron chi connectivity index (χ4n) is 2.18. The van der Waals surface area contributed by atoms with Crippen LogP contribution in [0.25, 0.3) is 0 Å². The summed E-state index contributed by atoms with van der Waals surface area (Å²) in [5, 5.41) is 2.59. The molecular formula is C14H22N2O5. The average molecular weight is 298 g/mol. The monoisotopic (exact) mass is 298 g/mol. The molecule has 0 aliphatic carbocycles. The minimum absolute atomic E-state index is 0.0108. The highest BCUT2D eigenvalue weighted by Gasteiger charge is 2.29. The molecule has 0 aromatic carbocycles. The first-order chi connectivity index (χ1) is 9.85. The maximum Gasteiger partial charge on any atom is 0.328 e. The van der Waals surface area contributed by atoms with E-state index in [1.807, 2.05) is 13.8 Å². The van der Waals surface area contributed by atoms with Gasteiger partial charge in [0.1, 0.15) is 6.04 Å². The summed E-state index contributed by atoms with van der Waals surface area (Å²) in [7, 11) is 1.27. The maximum absolute atomic E-state index is 11.9. The highest BCUT2D eigenvalue weighted by atomic mass is 16.5. The van der Waals surface area contributed by atoms with Crippen LogP contribution in [-0.4, -0.2) is 48.3 Å². The Morgan fingerprint density at radius 2 is 1.81 bits per heavy atom. The van der Waals surface area contributed by atoms with Crippen molar-refractivity contribution in [3.8, 4) is 0 Å². The van der Waals surface area contributed by atoms with Crippen LogP contribution in [0.4, 0.5) is 0 Å². The number of methoxy groups -OCH3 is 1. The number of hydrogen-bond donors (Lipinski definition) is 1. The third kappa shape index (κ3) is 5.17. The number of carbonyl (C=O) groups excluding carboxylic acids is 4. The first-order valence-corrected chi connectivity index (χ1v) is 7.05. The van der Waals surface area contributed by atoms with Crippen molar-refractivity contribution in [2.24, 2.45) is 5.92 Å². The topological polar surface area (TPSA) is 92.8 Å². The fraction of sp³-hybridized carbons (Fsp3) is 0.714. The van der Waals surface area contributed by atoms with E-state index in [9.17, 15) is 19.2 Å². The minimum atomic E-state index is -0.701. The van der Waals surface area contributed by atoms with E-state index in [0.717, 1.165) is 4.90 Å². The van der Waals surface area contributed by atoms with E-state index in [0.29, 0.717) is 6.42 Å². The SMILES string of the molecule is COC(=O)[C@H](CC(C)C)NC(=O)CCN1C(=O)CCC1=O. The molecule has 1 N–H and O–H groups in total. The number of nitrogens with zero attached hydrogens (tertiary/aromatic N) is 1. The van der Waals surface area contributed by atoms with Gasteiger partial charge in [-0.25, -0.2) is 4.79 Å². The van der Waals surface area contributed by atoms with E-state index in [4.69, 9.17) is 0 Å². The zero-order chi connectivity index (χ0) is 16.0. The average Bonchev–Trinajstić information content (AvgIpc) is 2.73. The van der Waals surface area contributed by atoms with Crippen LogP contribution in [0.1, 0.15) is 39.5 Å². The summed E-state index contributed by atoms with van der Waals surface area (Å²) >= 11 is 0. The molecule has 1 saturated heterocycles. The van der Waals surface area contributed by atoms with Crippen LogP contribution in [0.3, 0.4) is 0 Å². The maximum atomic E-state index is 11.9. The van der Waals surface area contributed by atoms with Gasteiger partial charge in [-0.1, -0.05) is 13.8 Å². The van der Waals surface area contributed by atoms with E-state index in [2.05, 4.69) is 10.1 Å². The van der Waals surface area contributed by atoms with Gasteiger partial charge in [-0.2, -0.15) is 0 Å². The fourth-order valence-corrected chi connectivity index (χ4v) is 2.18. The molecule has 1 rings (SSSR count). The Balaban J connectivity index is 2.48. The molecule has 1 aliphatic heterocycles. The molecule has 0 aromatic rings. The molecule has 7 nitrogen and oxygen atoms in total. The minimum Gasteiger partial charge on any atom is -0.467 e. The van der Waals surface area contributed by atoms with E-state index in [-0.39, 0.29) is 49.4 Å². The number of hydrogen-bond acceptors (Lipinski definition) is 5. The molecule has 0 saturated carbocycles. The van der Waals surface area contributed by atoms with Crippen LogP contribution in [-0.2, 0) is 23.9 Å². The smallest absolute Gasteiger partial charge is 0.328 e. The summed E-state index contributed by atoms with van der Waals surface area (Å²) in [5.74, 6) is -1.15. The number of likely N-dealkylation sites (tertiary alicyclic amines) is 1. The van der Waals surface area contributed by atoms with Crippen LogP contribution in [0.15, 0.2) is 0 Å². The van der Waals surface area contributed by atoms with Gasteiger partial charge in [-0.05, 0) is 12.3 Å². The van der Waals surface area contributed by atoms with Crippen molar-refractivity contribution in [1.82, 2.24) is 10.2 Å². The zero-order valence-corrected chi connectivity index (χ0v) is 12.7. The Hall–Kier alpha value is -1.92. The van der Waals surface area contributed by atoms with Gasteiger partial charge >= 0.3 is 5.97 Å². The Kier molecular flexibility index (Phi) is 6.33. The van der Waals surface area contributed by atoms with Gasteiger partial charge < -0.3 is 10.1 Å². The Labute approximate surface area is 124 Å². The van der Waals surface area contributed by atoms with Crippen LogP contribution < -0.4 is 5.32 Å². The number of amides is 3. The molecule has 0 bridgehead atoms. The lowest BCUT2D eigenvalue weighted by Gasteiger charge is -2.19. The van der Waals surface area contributed by atoms with Crippen LogP contribution >= 0.6 is 0 Å². The molecule has 0 radical (unpaired) electrons. The largest absolute Gasteiger partial charge is 0.467 e. The van der Waals surface area contributed by atoms with Crippen LogP contribution in [0.5, 0.6) is 0 Å². The number of rotatable bonds is 7. The predicted octanol–water partition coefficient (Wildman–Crippen LogP) is 0.229. The first-order valence-electron chi connectivity index (χ1n) is 7.05. The van der Waals surface area contributed by atoms with Gasteiger partial charge in [0.05, 0.1) is 7.11 Å². The lowest BCUT2D eigenvalue weighted by atomic mass is 10.0. The third-order valence-electron chi connectivity index (χ3n) is 3.25. The predicted molar refractivity (Wildman–Crippen MR) is 74.0 cm³/mol. The Morgan fingerprint density at radius 1 is 1.24 bits per heavy atom. The van der Waals surface area contributed by atoms with Gasteiger partial charge in [0, 0.05) is 25.8 Å². The second-order valence-electron chi connectivity index (χ2n) is 5.46. The highest BCUT2D eigenvalue weighted by Crippen LogP contribution is 2.12. The van der Waals surface area contributed by atoms with Crippen LogP contribution in [0, 0.1) is 5.92 Å². The summed E-state index contributed by atoms with van der Waals surface area (Å²) in [6, 6.07) is -0.701. The number of esters is 1. The summed E-state index contributed by atoms with van der Waals surface area (Å²) < 4.78 is 4.65. The first kappa shape index (κ1) is 17.1. The molecule has 0 unspecified atom stereocenters. The summed E-state index contributed by atoms with van der Waals surface area (Å²) in [5.41, 5.74) is 0. The van der Waals surface area contributed by atoms with Crippen molar-refractivity contribution in [2.45, 2.75) is 45.6 Å². The van der Waals surface area contributed by atoms with Gasteiger partial charge in [-0.3, -0.25) is 19.3 Å². The van der Waals surface area contributed by atoms with Crippen molar-refractivity contribution in [2.75, 3.05) is 13.7 Å². The molecule has 118 valence electrons. The van der Waals surface area contributed by atoms with E-state index < -0.39 is 12.0 Å². The van der Waals surface area contributed by atoms with Crippen LogP contribution in [0.2, 0.25) is 0 Å². The molecule has 21 heavy (non-hydrogen) atoms. The van der Waals surface area contributed by atoms with Crippen molar-refractivity contribution in [1.29, 1.82) is 0 Å². The molecule has 1 fully saturated rings. The highest BCUT2D eigenvalue weighted by molar-refractivity contribution is 6.02. The lowest BCUT2D eigenvalue weighted by Crippen LogP contribution is -2.43. The Bertz CT molecular complexity index is 417. The van der Waals surface area contributed by atoms with Gasteiger partial charge in [0.25, 0.3) is 0 Å². The second kappa shape index (κ2) is 7.75. The molecule has 0 spiro atoms. The molecule has 0 aromatic heterocycles. The number of imide groups is 1. The molecule has 1 aliphatic rings. The van der Waals surface area contributed by atoms with Crippen molar-refractivity contribution in [3.05, 3.63) is 0 Å². The normalized spacial score (nSPS) is 16.3. The number of nitrogens with one attached hydrogen (secondary N) is 1. The molecule has 7 heteroatoms. The van der Waals surface area contributed by atoms with Gasteiger partial charge in [0.15, 0.2) is 0 Å². The third-order valence-corrected chi connectivity index (χ3v) is 3.25. The van der Waals surface area contributed by atoms with Gasteiger partial charge in [-0.15, -0.1) is 0 Å². The molecule has 1 atom stereocenters. The van der Waals surface area contributed by atoms with E-state index in [1.54, 1.807) is 0 Å². The summed E-state index contributed by atoms with van der Waals surface area (Å²) in [4.78, 5) is 47.4. The molecule has 3 amide bonds. The molecule has 1 heterocycles. The summed E-state index contributed by atoms with van der Waals surface area (Å²) in [6.45, 7) is 3.92. The van der Waals surface area contributed by atoms with Crippen molar-refractivity contribution < 1.29 is 23.9 Å². The van der Waals surface area contributed by atoms with Crippen molar-refractivity contribution >= 4 is 23.7 Å². The standard InChI is InChI=1S/C14H22N2O5/c1-9(2)8-10(14(20)21-3)15-11(17)6-7-16-12(18)4-5-13(16)19/h9-10H,4-8H2,1-3H3,(H,15,17)/t10-/m0/s1. The second-order valence-corrected chi connectivity index (χ2v) is 5.46. The summed E-state index contributed by atoms with van der Waals surface area (Å²) in [6.07, 6.45) is 0.875.